The van der Waals surface area contributed by atoms with Crippen LogP contribution in [0.4, 0.5) is 0 Å². The number of methoxy groups -OCH3 is 2. The topological polar surface area (TPSA) is 35.5 Å². The number of allylic oxidation sites excluding steroid dienone is 1. The van der Waals surface area contributed by atoms with Gasteiger partial charge in [0.05, 0.1) is 7.11 Å². The number of carbonyl (C=O) groups is 1. The summed E-state index contributed by atoms with van der Waals surface area (Å²) in [7, 11) is 3.33. The Morgan fingerprint density at radius 2 is 2.00 bits per heavy atom. The van der Waals surface area contributed by atoms with E-state index in [1.807, 2.05) is 30.3 Å². The number of ether oxygens (including phenoxy) is 2. The summed E-state index contributed by atoms with van der Waals surface area (Å²) in [5.74, 6) is 1.46. The predicted molar refractivity (Wildman–Crippen MR) is 75.2 cm³/mol. The lowest BCUT2D eigenvalue weighted by atomic mass is 9.84. The summed E-state index contributed by atoms with van der Waals surface area (Å²) in [6, 6.07) is 7.77. The molecule has 1 atom stereocenters. The molecule has 0 heterocycles. The first-order valence-electron chi connectivity index (χ1n) is 6.59. The van der Waals surface area contributed by atoms with E-state index in [0.717, 1.165) is 29.7 Å². The molecular formula is C16H20O3. The van der Waals surface area contributed by atoms with E-state index < -0.39 is 0 Å². The third-order valence-electron chi connectivity index (χ3n) is 3.51. The number of rotatable bonds is 4. The van der Waals surface area contributed by atoms with Gasteiger partial charge in [-0.25, -0.2) is 0 Å². The minimum Gasteiger partial charge on any atom is -0.497 e. The molecule has 0 radical (unpaired) electrons. The second-order valence-corrected chi connectivity index (χ2v) is 4.93. The molecule has 0 aliphatic heterocycles. The van der Waals surface area contributed by atoms with Crippen LogP contribution in [0.15, 0.2) is 29.8 Å². The molecule has 0 N–H and O–H groups in total. The second-order valence-electron chi connectivity index (χ2n) is 4.93. The molecule has 19 heavy (non-hydrogen) atoms. The van der Waals surface area contributed by atoms with Crippen molar-refractivity contribution in [2.75, 3.05) is 20.8 Å². The highest BCUT2D eigenvalue weighted by atomic mass is 16.5. The minimum absolute atomic E-state index is 0.254. The summed E-state index contributed by atoms with van der Waals surface area (Å²) < 4.78 is 10.2. The zero-order valence-electron chi connectivity index (χ0n) is 11.5. The van der Waals surface area contributed by atoms with Crippen LogP contribution < -0.4 is 4.74 Å². The SMILES string of the molecule is COCC1CCC(=Cc2ccc(OC)cc2)C(=O)C1. The second kappa shape index (κ2) is 6.53. The van der Waals surface area contributed by atoms with Crippen LogP contribution in [0.2, 0.25) is 0 Å². The molecule has 0 bridgehead atoms. The van der Waals surface area contributed by atoms with Crippen molar-refractivity contribution in [3.8, 4) is 5.75 Å². The minimum atomic E-state index is 0.254. The Hall–Kier alpha value is -1.61. The summed E-state index contributed by atoms with van der Waals surface area (Å²) in [6.07, 6.45) is 4.47. The first-order valence-corrected chi connectivity index (χ1v) is 6.59. The van der Waals surface area contributed by atoms with E-state index in [-0.39, 0.29) is 5.78 Å². The highest BCUT2D eigenvalue weighted by Crippen LogP contribution is 2.27. The molecule has 1 aliphatic carbocycles. The molecule has 0 spiro atoms. The highest BCUT2D eigenvalue weighted by Gasteiger charge is 2.23. The van der Waals surface area contributed by atoms with Crippen molar-refractivity contribution in [2.45, 2.75) is 19.3 Å². The number of benzene rings is 1. The van der Waals surface area contributed by atoms with Crippen LogP contribution in [0.25, 0.3) is 6.08 Å². The van der Waals surface area contributed by atoms with Crippen molar-refractivity contribution in [3.63, 3.8) is 0 Å². The largest absolute Gasteiger partial charge is 0.497 e. The van der Waals surface area contributed by atoms with Crippen LogP contribution in [0, 0.1) is 5.92 Å². The van der Waals surface area contributed by atoms with Gasteiger partial charge in [-0.1, -0.05) is 12.1 Å². The predicted octanol–water partition coefficient (Wildman–Crippen LogP) is 3.09. The van der Waals surface area contributed by atoms with E-state index in [1.165, 1.54) is 0 Å². The Labute approximate surface area is 114 Å². The molecule has 102 valence electrons. The molecule has 1 aromatic rings. The first kappa shape index (κ1) is 13.8. The molecule has 1 saturated carbocycles. The smallest absolute Gasteiger partial charge is 0.159 e. The van der Waals surface area contributed by atoms with Crippen molar-refractivity contribution in [1.29, 1.82) is 0 Å². The average molecular weight is 260 g/mol. The third-order valence-corrected chi connectivity index (χ3v) is 3.51. The van der Waals surface area contributed by atoms with Crippen LogP contribution in [-0.2, 0) is 9.53 Å². The van der Waals surface area contributed by atoms with E-state index in [2.05, 4.69) is 0 Å². The van der Waals surface area contributed by atoms with Crippen LogP contribution in [0.3, 0.4) is 0 Å². The zero-order valence-corrected chi connectivity index (χ0v) is 11.5. The molecule has 2 rings (SSSR count). The molecule has 1 aliphatic rings. The molecule has 0 amide bonds. The van der Waals surface area contributed by atoms with Crippen LogP contribution >= 0.6 is 0 Å². The Morgan fingerprint density at radius 1 is 1.26 bits per heavy atom. The van der Waals surface area contributed by atoms with Gasteiger partial charge in [-0.15, -0.1) is 0 Å². The van der Waals surface area contributed by atoms with Gasteiger partial charge in [0.15, 0.2) is 5.78 Å². The van der Waals surface area contributed by atoms with E-state index in [1.54, 1.807) is 14.2 Å². The standard InChI is InChI=1S/C16H20O3/c1-18-11-13-3-6-14(16(17)10-13)9-12-4-7-15(19-2)8-5-12/h4-5,7-9,13H,3,6,10-11H2,1-2H3. The maximum Gasteiger partial charge on any atom is 0.159 e. The Bertz CT molecular complexity index is 459. The first-order chi connectivity index (χ1) is 9.22. The quantitative estimate of drug-likeness (QED) is 0.780. The lowest BCUT2D eigenvalue weighted by molar-refractivity contribution is -0.118. The van der Waals surface area contributed by atoms with Crippen molar-refractivity contribution in [3.05, 3.63) is 35.4 Å². The maximum atomic E-state index is 12.1. The van der Waals surface area contributed by atoms with E-state index in [4.69, 9.17) is 9.47 Å². The van der Waals surface area contributed by atoms with E-state index in [0.29, 0.717) is 18.9 Å². The summed E-state index contributed by atoms with van der Waals surface area (Å²) in [4.78, 5) is 12.1. The molecule has 1 aromatic carbocycles. The number of ketones is 1. The van der Waals surface area contributed by atoms with Gasteiger partial charge in [-0.3, -0.25) is 4.79 Å². The van der Waals surface area contributed by atoms with E-state index >= 15 is 0 Å². The molecule has 3 nitrogen and oxygen atoms in total. The number of Topliss-reactive ketones (excluding diaryl/α,β-unsaturated/α-hetero) is 1. The van der Waals surface area contributed by atoms with Gasteiger partial charge in [0.1, 0.15) is 5.75 Å². The average Bonchev–Trinajstić information content (AvgIpc) is 2.43. The fourth-order valence-electron chi connectivity index (χ4n) is 2.43. The van der Waals surface area contributed by atoms with Gasteiger partial charge >= 0.3 is 0 Å². The number of hydrogen-bond donors (Lipinski definition) is 0. The Morgan fingerprint density at radius 3 is 2.58 bits per heavy atom. The van der Waals surface area contributed by atoms with Gasteiger partial charge in [-0.05, 0) is 48.1 Å². The van der Waals surface area contributed by atoms with Gasteiger partial charge in [0.25, 0.3) is 0 Å². The van der Waals surface area contributed by atoms with Gasteiger partial charge in [-0.2, -0.15) is 0 Å². The third kappa shape index (κ3) is 3.67. The summed E-state index contributed by atoms with van der Waals surface area (Å²) in [5, 5.41) is 0. The van der Waals surface area contributed by atoms with Gasteiger partial charge in [0, 0.05) is 20.1 Å². The van der Waals surface area contributed by atoms with Crippen LogP contribution in [0.5, 0.6) is 5.75 Å². The normalized spacial score (nSPS) is 21.7. The molecular weight excluding hydrogens is 240 g/mol. The fourth-order valence-corrected chi connectivity index (χ4v) is 2.43. The number of hydrogen-bond acceptors (Lipinski definition) is 3. The van der Waals surface area contributed by atoms with Gasteiger partial charge in [0.2, 0.25) is 0 Å². The van der Waals surface area contributed by atoms with Crippen LogP contribution in [0.1, 0.15) is 24.8 Å². The van der Waals surface area contributed by atoms with Crippen molar-refractivity contribution in [2.24, 2.45) is 5.92 Å². The fraction of sp³-hybridized carbons (Fsp3) is 0.438. The molecule has 1 unspecified atom stereocenters. The monoisotopic (exact) mass is 260 g/mol. The summed E-state index contributed by atoms with van der Waals surface area (Å²) in [5.41, 5.74) is 1.98. The molecule has 0 aromatic heterocycles. The molecule has 0 saturated heterocycles. The Balaban J connectivity index is 2.05. The lowest BCUT2D eigenvalue weighted by Gasteiger charge is -2.22. The summed E-state index contributed by atoms with van der Waals surface area (Å²) >= 11 is 0. The van der Waals surface area contributed by atoms with Gasteiger partial charge < -0.3 is 9.47 Å². The number of carbonyl (C=O) groups excluding carboxylic acids is 1. The molecule has 3 heteroatoms. The maximum absolute atomic E-state index is 12.1. The van der Waals surface area contributed by atoms with Crippen molar-refractivity contribution >= 4 is 11.9 Å². The zero-order chi connectivity index (χ0) is 13.7. The molecule has 1 fully saturated rings. The summed E-state index contributed by atoms with van der Waals surface area (Å²) in [6.45, 7) is 0.682. The van der Waals surface area contributed by atoms with Crippen molar-refractivity contribution < 1.29 is 14.3 Å². The highest BCUT2D eigenvalue weighted by molar-refractivity contribution is 6.00. The van der Waals surface area contributed by atoms with Crippen LogP contribution in [-0.4, -0.2) is 26.6 Å². The van der Waals surface area contributed by atoms with Crippen molar-refractivity contribution in [1.82, 2.24) is 0 Å². The lowest BCUT2D eigenvalue weighted by Crippen LogP contribution is -2.21. The Kier molecular flexibility index (Phi) is 4.74. The van der Waals surface area contributed by atoms with E-state index in [9.17, 15) is 4.79 Å².